The molecule has 0 amide bonds. The molecule has 5 rings (SSSR count). The van der Waals surface area contributed by atoms with Crippen molar-refractivity contribution in [1.82, 2.24) is 0 Å². The molecule has 112 valence electrons. The van der Waals surface area contributed by atoms with Crippen LogP contribution in [-0.2, 0) is 10.8 Å². The minimum atomic E-state index is -0.121. The molecule has 0 aromatic heterocycles. The number of rotatable bonds is 2. The first-order chi connectivity index (χ1) is 10.6. The number of hydrogen-bond acceptors (Lipinski definition) is 1. The van der Waals surface area contributed by atoms with Gasteiger partial charge >= 0.3 is 0 Å². The maximum atomic E-state index is 10.5. The van der Waals surface area contributed by atoms with Crippen LogP contribution in [0.1, 0.15) is 31.4 Å². The van der Waals surface area contributed by atoms with Crippen LogP contribution in [0.2, 0.25) is 0 Å². The van der Waals surface area contributed by atoms with Crippen molar-refractivity contribution in [2.45, 2.75) is 37.2 Å². The van der Waals surface area contributed by atoms with Crippen LogP contribution in [0.3, 0.4) is 0 Å². The van der Waals surface area contributed by atoms with Gasteiger partial charge in [0.25, 0.3) is 0 Å². The molecule has 0 spiro atoms. The van der Waals surface area contributed by atoms with E-state index in [9.17, 15) is 5.11 Å². The Morgan fingerprint density at radius 1 is 0.818 bits per heavy atom. The lowest BCUT2D eigenvalue weighted by atomic mass is 9.43. The highest BCUT2D eigenvalue weighted by Crippen LogP contribution is 2.96. The lowest BCUT2D eigenvalue weighted by Crippen LogP contribution is -2.64. The Balaban J connectivity index is 1.76. The van der Waals surface area contributed by atoms with E-state index in [-0.39, 0.29) is 22.3 Å². The van der Waals surface area contributed by atoms with Crippen LogP contribution < -0.4 is 0 Å². The average Bonchev–Trinajstić information content (AvgIpc) is 2.91. The largest absolute Gasteiger partial charge is 0.393 e. The summed E-state index contributed by atoms with van der Waals surface area (Å²) < 4.78 is 0. The molecule has 1 nitrogen and oxygen atoms in total. The molecule has 0 aliphatic heterocycles. The normalized spacial score (nSPS) is 43.3. The molecule has 3 aliphatic carbocycles. The third-order valence-corrected chi connectivity index (χ3v) is 7.39. The monoisotopic (exact) mass is 290 g/mol. The number of benzene rings is 2. The van der Waals surface area contributed by atoms with Gasteiger partial charge in [0.15, 0.2) is 0 Å². The fraction of sp³-hybridized carbons (Fsp3) is 0.429. The summed E-state index contributed by atoms with van der Waals surface area (Å²) in [5, 5.41) is 10.5. The average molecular weight is 290 g/mol. The lowest BCUT2D eigenvalue weighted by Gasteiger charge is -2.61. The van der Waals surface area contributed by atoms with Gasteiger partial charge in [0.1, 0.15) is 0 Å². The predicted molar refractivity (Wildman–Crippen MR) is 87.6 cm³/mol. The highest BCUT2D eigenvalue weighted by atomic mass is 16.3. The second kappa shape index (κ2) is 3.65. The highest BCUT2D eigenvalue weighted by Gasteiger charge is 2.98. The Labute approximate surface area is 132 Å². The van der Waals surface area contributed by atoms with Gasteiger partial charge in [-0.15, -0.1) is 0 Å². The Kier molecular flexibility index (Phi) is 2.14. The van der Waals surface area contributed by atoms with E-state index in [0.717, 1.165) is 6.42 Å². The van der Waals surface area contributed by atoms with Crippen LogP contribution in [0, 0.1) is 17.3 Å². The summed E-state index contributed by atoms with van der Waals surface area (Å²) in [6.45, 7) is 4.83. The minimum Gasteiger partial charge on any atom is -0.393 e. The van der Waals surface area contributed by atoms with E-state index in [2.05, 4.69) is 74.5 Å². The summed E-state index contributed by atoms with van der Waals surface area (Å²) in [7, 11) is 0. The molecule has 1 N–H and O–H groups in total. The van der Waals surface area contributed by atoms with Gasteiger partial charge in [-0.25, -0.2) is 0 Å². The molecule has 0 heterocycles. The second-order valence-electron chi connectivity index (χ2n) is 7.91. The van der Waals surface area contributed by atoms with Gasteiger partial charge in [0.2, 0.25) is 0 Å². The van der Waals surface area contributed by atoms with Crippen LogP contribution in [-0.4, -0.2) is 11.2 Å². The van der Waals surface area contributed by atoms with Gasteiger partial charge < -0.3 is 5.11 Å². The number of aliphatic hydroxyl groups excluding tert-OH is 1. The third kappa shape index (κ3) is 0.980. The molecule has 0 bridgehead atoms. The fourth-order valence-corrected chi connectivity index (χ4v) is 6.93. The first kappa shape index (κ1) is 12.9. The van der Waals surface area contributed by atoms with Crippen LogP contribution in [0.15, 0.2) is 60.7 Å². The molecule has 0 unspecified atom stereocenters. The summed E-state index contributed by atoms with van der Waals surface area (Å²) in [6, 6.07) is 22.0. The van der Waals surface area contributed by atoms with E-state index >= 15 is 0 Å². The predicted octanol–water partition coefficient (Wildman–Crippen LogP) is 3.91. The Hall–Kier alpha value is -1.60. The van der Waals surface area contributed by atoms with Crippen molar-refractivity contribution in [1.29, 1.82) is 0 Å². The summed E-state index contributed by atoms with van der Waals surface area (Å²) in [5.74, 6) is 1.07. The van der Waals surface area contributed by atoms with Gasteiger partial charge in [-0.05, 0) is 34.8 Å². The number of hydrogen-bond donors (Lipinski definition) is 1. The SMILES string of the molecule is CC1(C)[C@@]2(c3ccccc3)[C@H]3[C@@H](O)C[C@@H]3[C@]12c1ccccc1. The maximum Gasteiger partial charge on any atom is 0.0583 e. The van der Waals surface area contributed by atoms with Gasteiger partial charge in [-0.1, -0.05) is 74.5 Å². The molecule has 2 aromatic carbocycles. The first-order valence-corrected chi connectivity index (χ1v) is 8.39. The van der Waals surface area contributed by atoms with Crippen LogP contribution in [0.5, 0.6) is 0 Å². The van der Waals surface area contributed by atoms with Crippen molar-refractivity contribution >= 4 is 0 Å². The van der Waals surface area contributed by atoms with Crippen molar-refractivity contribution in [3.63, 3.8) is 0 Å². The van der Waals surface area contributed by atoms with Crippen molar-refractivity contribution in [2.75, 3.05) is 0 Å². The van der Waals surface area contributed by atoms with Gasteiger partial charge in [-0.2, -0.15) is 0 Å². The number of fused-ring (bicyclic) bond motifs is 4. The summed E-state index contributed by atoms with van der Waals surface area (Å²) in [6.07, 6.45) is 0.848. The van der Waals surface area contributed by atoms with Crippen LogP contribution >= 0.6 is 0 Å². The summed E-state index contributed by atoms with van der Waals surface area (Å²) in [5.41, 5.74) is 3.42. The molecule has 3 fully saturated rings. The molecule has 5 atom stereocenters. The van der Waals surface area contributed by atoms with E-state index in [0.29, 0.717) is 11.8 Å². The minimum absolute atomic E-state index is 0.116. The van der Waals surface area contributed by atoms with E-state index in [1.165, 1.54) is 11.1 Å². The van der Waals surface area contributed by atoms with E-state index in [1.54, 1.807) is 0 Å². The van der Waals surface area contributed by atoms with Crippen molar-refractivity contribution in [3.05, 3.63) is 71.8 Å². The molecule has 0 saturated heterocycles. The molecule has 3 saturated carbocycles. The third-order valence-electron chi connectivity index (χ3n) is 7.39. The maximum absolute atomic E-state index is 10.5. The molecular formula is C21H22O. The number of aliphatic hydroxyl groups is 1. The standard InChI is InChI=1S/C21H22O/c1-19(2)20(14-9-5-3-6-10-14)16-13-17(22)18(16)21(19,20)15-11-7-4-8-12-15/h3-12,16-18,22H,13H2,1-2H3/t16-,17-,18+,20+,21+/m0/s1. The van der Waals surface area contributed by atoms with Crippen LogP contribution in [0.25, 0.3) is 0 Å². The van der Waals surface area contributed by atoms with Crippen molar-refractivity contribution in [2.24, 2.45) is 17.3 Å². The lowest BCUT2D eigenvalue weighted by molar-refractivity contribution is -0.133. The molecule has 0 radical (unpaired) electrons. The quantitative estimate of drug-likeness (QED) is 0.889. The summed E-state index contributed by atoms with van der Waals surface area (Å²) >= 11 is 0. The van der Waals surface area contributed by atoms with Gasteiger partial charge in [0.05, 0.1) is 6.10 Å². The van der Waals surface area contributed by atoms with Gasteiger partial charge in [0, 0.05) is 10.8 Å². The second-order valence-corrected chi connectivity index (χ2v) is 7.91. The molecule has 22 heavy (non-hydrogen) atoms. The van der Waals surface area contributed by atoms with Crippen LogP contribution in [0.4, 0.5) is 0 Å². The smallest absolute Gasteiger partial charge is 0.0583 e. The Morgan fingerprint density at radius 3 is 1.82 bits per heavy atom. The van der Waals surface area contributed by atoms with E-state index in [1.807, 2.05) is 0 Å². The highest BCUT2D eigenvalue weighted by molar-refractivity contribution is 5.65. The Morgan fingerprint density at radius 2 is 1.32 bits per heavy atom. The molecule has 3 aliphatic rings. The zero-order valence-corrected chi connectivity index (χ0v) is 13.2. The zero-order valence-electron chi connectivity index (χ0n) is 13.2. The van der Waals surface area contributed by atoms with Gasteiger partial charge in [-0.3, -0.25) is 0 Å². The Bertz CT molecular complexity index is 735. The first-order valence-electron chi connectivity index (χ1n) is 8.39. The molecule has 1 heteroatoms. The van der Waals surface area contributed by atoms with E-state index in [4.69, 9.17) is 0 Å². The van der Waals surface area contributed by atoms with Crippen molar-refractivity contribution in [3.8, 4) is 0 Å². The molecule has 2 aromatic rings. The van der Waals surface area contributed by atoms with E-state index < -0.39 is 0 Å². The molecular weight excluding hydrogens is 268 g/mol. The van der Waals surface area contributed by atoms with Crippen molar-refractivity contribution < 1.29 is 5.11 Å². The topological polar surface area (TPSA) is 20.2 Å². The fourth-order valence-electron chi connectivity index (χ4n) is 6.93. The summed E-state index contributed by atoms with van der Waals surface area (Å²) in [4.78, 5) is 0. The zero-order chi connectivity index (χ0) is 15.2.